The molecule has 0 N–H and O–H groups in total. The van der Waals surface area contributed by atoms with Gasteiger partial charge < -0.3 is 4.74 Å². The van der Waals surface area contributed by atoms with Gasteiger partial charge in [-0.05, 0) is 102 Å². The lowest BCUT2D eigenvalue weighted by molar-refractivity contribution is -0.113. The number of halogens is 4. The minimum atomic E-state index is -0.214. The molecule has 0 aromatic heterocycles. The zero-order chi connectivity index (χ0) is 28.4. The molecule has 1 amide bonds. The number of amides is 1. The number of nitrogens with zero attached hydrogens (tertiary/aromatic N) is 2. The van der Waals surface area contributed by atoms with Crippen LogP contribution < -0.4 is 9.64 Å². The molecule has 0 saturated carbocycles. The predicted octanol–water partition coefficient (Wildman–Crippen LogP) is 10.4. The number of aliphatic imine (C=N–C) groups is 1. The maximum Gasteiger partial charge on any atom is 0.271 e. The van der Waals surface area contributed by atoms with Crippen molar-refractivity contribution in [2.24, 2.45) is 4.99 Å². The first-order valence-corrected chi connectivity index (χ1v) is 14.9. The van der Waals surface area contributed by atoms with E-state index in [0.29, 0.717) is 48.9 Å². The third kappa shape index (κ3) is 6.59. The minimum absolute atomic E-state index is 0.214. The molecule has 0 aliphatic carbocycles. The standard InChI is InChI=1S/C31H22BrCl3N2O2S/c1-18-3-10-23(15-25(18)33)36-31-37(24-11-4-19(2)26(34)16-24)30(38)29(40-31)14-21-7-12-28(27(35)13-21)39-17-20-5-8-22(32)9-6-20/h3-16H,17H2,1-2H3/b29-14+,36-31?. The molecular weight excluding hydrogens is 651 g/mol. The molecule has 0 unspecified atom stereocenters. The Balaban J connectivity index is 1.44. The third-order valence-electron chi connectivity index (χ3n) is 6.16. The summed E-state index contributed by atoms with van der Waals surface area (Å²) in [6, 6.07) is 24.4. The lowest BCUT2D eigenvalue weighted by Crippen LogP contribution is -2.28. The Morgan fingerprint density at radius 2 is 1.57 bits per heavy atom. The quantitative estimate of drug-likeness (QED) is 0.192. The Morgan fingerprint density at radius 3 is 2.25 bits per heavy atom. The Morgan fingerprint density at radius 1 is 0.875 bits per heavy atom. The second-order valence-corrected chi connectivity index (χ2v) is 12.3. The zero-order valence-electron chi connectivity index (χ0n) is 21.4. The van der Waals surface area contributed by atoms with Crippen LogP contribution in [-0.2, 0) is 11.4 Å². The minimum Gasteiger partial charge on any atom is -0.487 e. The van der Waals surface area contributed by atoms with Gasteiger partial charge in [-0.15, -0.1) is 0 Å². The molecule has 202 valence electrons. The zero-order valence-corrected chi connectivity index (χ0v) is 26.1. The number of thioether (sulfide) groups is 1. The number of hydrogen-bond acceptors (Lipinski definition) is 4. The van der Waals surface area contributed by atoms with Gasteiger partial charge in [-0.3, -0.25) is 9.69 Å². The van der Waals surface area contributed by atoms with Gasteiger partial charge >= 0.3 is 0 Å². The lowest BCUT2D eigenvalue weighted by Gasteiger charge is -2.16. The van der Waals surface area contributed by atoms with Gasteiger partial charge in [0.25, 0.3) is 5.91 Å². The van der Waals surface area contributed by atoms with E-state index in [0.717, 1.165) is 26.7 Å². The highest BCUT2D eigenvalue weighted by Gasteiger charge is 2.35. The van der Waals surface area contributed by atoms with Crippen LogP contribution in [0.2, 0.25) is 15.1 Å². The van der Waals surface area contributed by atoms with E-state index in [1.54, 1.807) is 35.2 Å². The molecule has 4 aromatic carbocycles. The fourth-order valence-electron chi connectivity index (χ4n) is 3.88. The van der Waals surface area contributed by atoms with Gasteiger partial charge in [0.1, 0.15) is 12.4 Å². The first-order valence-electron chi connectivity index (χ1n) is 12.2. The Kier molecular flexibility index (Phi) is 8.93. The summed E-state index contributed by atoms with van der Waals surface area (Å²) < 4.78 is 6.92. The summed E-state index contributed by atoms with van der Waals surface area (Å²) in [7, 11) is 0. The fourth-order valence-corrected chi connectivity index (χ4v) is 5.73. The number of ether oxygens (including phenoxy) is 1. The molecule has 1 aliphatic rings. The van der Waals surface area contributed by atoms with Crippen LogP contribution in [-0.4, -0.2) is 11.1 Å². The van der Waals surface area contributed by atoms with E-state index >= 15 is 0 Å². The highest BCUT2D eigenvalue weighted by Crippen LogP contribution is 2.39. The van der Waals surface area contributed by atoms with Crippen LogP contribution in [0.4, 0.5) is 11.4 Å². The van der Waals surface area contributed by atoms with Crippen molar-refractivity contribution in [3.8, 4) is 5.75 Å². The van der Waals surface area contributed by atoms with Crippen LogP contribution in [0.15, 0.2) is 93.2 Å². The predicted molar refractivity (Wildman–Crippen MR) is 172 cm³/mol. The van der Waals surface area contributed by atoms with Gasteiger partial charge in [-0.1, -0.05) is 81.1 Å². The normalized spacial score (nSPS) is 15.3. The number of rotatable bonds is 6. The molecule has 0 spiro atoms. The summed E-state index contributed by atoms with van der Waals surface area (Å²) in [5.41, 5.74) is 4.93. The number of amidine groups is 1. The number of benzene rings is 4. The van der Waals surface area contributed by atoms with Crippen molar-refractivity contribution in [1.29, 1.82) is 0 Å². The van der Waals surface area contributed by atoms with Crippen molar-refractivity contribution in [1.82, 2.24) is 0 Å². The molecule has 0 atom stereocenters. The van der Waals surface area contributed by atoms with Gasteiger partial charge in [0.15, 0.2) is 5.17 Å². The van der Waals surface area contributed by atoms with Crippen LogP contribution >= 0.6 is 62.5 Å². The van der Waals surface area contributed by atoms with Gasteiger partial charge in [0.05, 0.1) is 21.3 Å². The molecule has 40 heavy (non-hydrogen) atoms. The van der Waals surface area contributed by atoms with Crippen molar-refractivity contribution in [2.45, 2.75) is 20.5 Å². The van der Waals surface area contributed by atoms with E-state index in [1.165, 1.54) is 11.8 Å². The average molecular weight is 673 g/mol. The van der Waals surface area contributed by atoms with Crippen molar-refractivity contribution < 1.29 is 9.53 Å². The van der Waals surface area contributed by atoms with Crippen molar-refractivity contribution in [3.05, 3.63) is 126 Å². The van der Waals surface area contributed by atoms with Gasteiger partial charge in [-0.2, -0.15) is 0 Å². The monoisotopic (exact) mass is 670 g/mol. The number of carbonyl (C=O) groups excluding carboxylic acids is 1. The average Bonchev–Trinajstić information content (AvgIpc) is 3.22. The second kappa shape index (κ2) is 12.4. The molecule has 0 bridgehead atoms. The van der Waals surface area contributed by atoms with Crippen LogP contribution in [0.1, 0.15) is 22.3 Å². The van der Waals surface area contributed by atoms with Crippen molar-refractivity contribution in [3.63, 3.8) is 0 Å². The summed E-state index contributed by atoms with van der Waals surface area (Å²) in [6.45, 7) is 4.23. The molecule has 1 saturated heterocycles. The number of hydrogen-bond donors (Lipinski definition) is 0. The molecular formula is C31H22BrCl3N2O2S. The van der Waals surface area contributed by atoms with Gasteiger partial charge in [0.2, 0.25) is 0 Å². The van der Waals surface area contributed by atoms with Crippen molar-refractivity contribution >= 4 is 91.0 Å². The highest BCUT2D eigenvalue weighted by atomic mass is 79.9. The lowest BCUT2D eigenvalue weighted by atomic mass is 10.2. The van der Waals surface area contributed by atoms with Crippen LogP contribution in [0, 0.1) is 13.8 Å². The molecule has 5 rings (SSSR count). The molecule has 4 nitrogen and oxygen atoms in total. The molecule has 4 aromatic rings. The third-order valence-corrected chi connectivity index (χ3v) is 8.77. The summed E-state index contributed by atoms with van der Waals surface area (Å²) in [5.74, 6) is 0.347. The van der Waals surface area contributed by atoms with E-state index in [1.807, 2.05) is 68.4 Å². The summed E-state index contributed by atoms with van der Waals surface area (Å²) in [6.07, 6.45) is 1.80. The molecule has 1 fully saturated rings. The van der Waals surface area contributed by atoms with E-state index in [9.17, 15) is 4.79 Å². The molecule has 1 aliphatic heterocycles. The van der Waals surface area contributed by atoms with E-state index in [4.69, 9.17) is 44.5 Å². The number of aryl methyl sites for hydroxylation is 2. The summed E-state index contributed by atoms with van der Waals surface area (Å²) in [5, 5.41) is 2.12. The first-order chi connectivity index (χ1) is 19.2. The second-order valence-electron chi connectivity index (χ2n) is 9.12. The SMILES string of the molecule is Cc1ccc(N=C2S/C(=C/c3ccc(OCc4ccc(Br)cc4)c(Cl)c3)C(=O)N2c2ccc(C)c(Cl)c2)cc1Cl. The Bertz CT molecular complexity index is 1670. The maximum atomic E-state index is 13.7. The highest BCUT2D eigenvalue weighted by molar-refractivity contribution is 9.10. The van der Waals surface area contributed by atoms with Gasteiger partial charge in [-0.25, -0.2) is 4.99 Å². The fraction of sp³-hybridized carbons (Fsp3) is 0.0968. The van der Waals surface area contributed by atoms with E-state index < -0.39 is 0 Å². The Labute approximate surface area is 260 Å². The summed E-state index contributed by atoms with van der Waals surface area (Å²) >= 11 is 24.0. The number of anilines is 1. The maximum absolute atomic E-state index is 13.7. The van der Waals surface area contributed by atoms with Crippen LogP contribution in [0.25, 0.3) is 6.08 Å². The molecule has 9 heteroatoms. The first kappa shape index (κ1) is 28.8. The topological polar surface area (TPSA) is 41.9 Å². The van der Waals surface area contributed by atoms with Crippen molar-refractivity contribution in [2.75, 3.05) is 4.90 Å². The van der Waals surface area contributed by atoms with Gasteiger partial charge in [0, 0.05) is 14.5 Å². The Hall–Kier alpha value is -2.74. The largest absolute Gasteiger partial charge is 0.487 e. The summed E-state index contributed by atoms with van der Waals surface area (Å²) in [4.78, 5) is 20.5. The van der Waals surface area contributed by atoms with E-state index in [-0.39, 0.29) is 5.91 Å². The van der Waals surface area contributed by atoms with E-state index in [2.05, 4.69) is 15.9 Å². The van der Waals surface area contributed by atoms with Crippen LogP contribution in [0.5, 0.6) is 5.75 Å². The van der Waals surface area contributed by atoms with Crippen LogP contribution in [0.3, 0.4) is 0 Å². The molecule has 1 heterocycles. The number of carbonyl (C=O) groups is 1. The smallest absolute Gasteiger partial charge is 0.271 e. The molecule has 0 radical (unpaired) electrons.